The zero-order valence-electron chi connectivity index (χ0n) is 31.3. The minimum atomic E-state index is -1.37. The number of hydrogen-bond acceptors (Lipinski definition) is 9. The van der Waals surface area contributed by atoms with Gasteiger partial charge in [-0.3, -0.25) is 14.4 Å². The van der Waals surface area contributed by atoms with Crippen LogP contribution in [0.25, 0.3) is 0 Å². The molecule has 0 radical (unpaired) electrons. The van der Waals surface area contributed by atoms with Gasteiger partial charge < -0.3 is 44.1 Å². The molecule has 1 saturated carbocycles. The Hall–Kier alpha value is -3.42. The summed E-state index contributed by atoms with van der Waals surface area (Å²) in [5.74, 6) is -2.47. The van der Waals surface area contributed by atoms with E-state index >= 15 is 0 Å². The molecule has 13 heteroatoms. The van der Waals surface area contributed by atoms with Gasteiger partial charge in [-0.05, 0) is 91.3 Å². The monoisotopic (exact) mass is 702 g/mol. The average molecular weight is 703 g/mol. The smallest absolute Gasteiger partial charge is 0.410 e. The molecule has 2 heterocycles. The van der Waals surface area contributed by atoms with E-state index in [0.29, 0.717) is 56.3 Å². The van der Waals surface area contributed by atoms with Gasteiger partial charge in [0.1, 0.15) is 11.4 Å². The number of fused-ring (bicyclic) bond motifs is 1. The van der Waals surface area contributed by atoms with Crippen LogP contribution in [0.2, 0.25) is 0 Å². The van der Waals surface area contributed by atoms with Crippen molar-refractivity contribution in [2.75, 3.05) is 56.4 Å². The number of aliphatic hydroxyl groups is 1. The largest absolute Gasteiger partial charge is 0.476 e. The van der Waals surface area contributed by atoms with Crippen LogP contribution in [0.3, 0.4) is 0 Å². The molecule has 2 N–H and O–H groups in total. The summed E-state index contributed by atoms with van der Waals surface area (Å²) in [5, 5.41) is 14.8. The molecule has 2 aliphatic heterocycles. The van der Waals surface area contributed by atoms with E-state index in [4.69, 9.17) is 18.9 Å². The SMILES string of the molecule is CCOCC(CC(C)C)NC(=O)[C@@H]1CN(C(=O)OC(C)(C)C)C[C@H](C(=O)N(c2ccc3c(c2)N(CCCOC)C(=O)C(C)(C)O3)C2CC2)C1O. The Morgan fingerprint density at radius 1 is 1.14 bits per heavy atom. The van der Waals surface area contributed by atoms with E-state index in [-0.39, 0.29) is 37.0 Å². The van der Waals surface area contributed by atoms with E-state index in [1.165, 1.54) is 4.90 Å². The fourth-order valence-electron chi connectivity index (χ4n) is 6.61. The predicted molar refractivity (Wildman–Crippen MR) is 189 cm³/mol. The van der Waals surface area contributed by atoms with Gasteiger partial charge in [0.25, 0.3) is 5.91 Å². The van der Waals surface area contributed by atoms with E-state index in [1.54, 1.807) is 69.7 Å². The molecule has 280 valence electrons. The van der Waals surface area contributed by atoms with Crippen molar-refractivity contribution in [2.45, 2.75) is 110 Å². The van der Waals surface area contributed by atoms with Crippen LogP contribution in [0.4, 0.5) is 16.2 Å². The van der Waals surface area contributed by atoms with E-state index in [1.807, 2.05) is 6.92 Å². The van der Waals surface area contributed by atoms with Crippen LogP contribution in [0.15, 0.2) is 18.2 Å². The number of likely N-dealkylation sites (tertiary alicyclic amines) is 1. The van der Waals surface area contributed by atoms with Crippen LogP contribution in [0.5, 0.6) is 5.75 Å². The van der Waals surface area contributed by atoms with Gasteiger partial charge in [-0.15, -0.1) is 0 Å². The normalized spacial score (nSPS) is 22.5. The fourth-order valence-corrected chi connectivity index (χ4v) is 6.61. The third kappa shape index (κ3) is 9.67. The Labute approximate surface area is 296 Å². The van der Waals surface area contributed by atoms with E-state index in [2.05, 4.69) is 19.2 Å². The van der Waals surface area contributed by atoms with Gasteiger partial charge in [0.15, 0.2) is 5.60 Å². The number of nitrogens with zero attached hydrogens (tertiary/aromatic N) is 3. The van der Waals surface area contributed by atoms with Gasteiger partial charge in [-0.25, -0.2) is 4.79 Å². The number of carbonyl (C=O) groups is 4. The highest BCUT2D eigenvalue weighted by Gasteiger charge is 2.49. The highest BCUT2D eigenvalue weighted by molar-refractivity contribution is 6.04. The zero-order chi connectivity index (χ0) is 37.0. The van der Waals surface area contributed by atoms with Crippen molar-refractivity contribution in [3.63, 3.8) is 0 Å². The molecule has 0 aromatic heterocycles. The van der Waals surface area contributed by atoms with Crippen LogP contribution in [0.1, 0.15) is 81.1 Å². The zero-order valence-corrected chi connectivity index (χ0v) is 31.3. The van der Waals surface area contributed by atoms with Gasteiger partial charge in [-0.2, -0.15) is 0 Å². The van der Waals surface area contributed by atoms with Crippen molar-refractivity contribution in [1.82, 2.24) is 10.2 Å². The number of anilines is 2. The molecule has 2 unspecified atom stereocenters. The molecule has 1 saturated heterocycles. The number of nitrogens with one attached hydrogen (secondary N) is 1. The van der Waals surface area contributed by atoms with Crippen LogP contribution < -0.4 is 19.9 Å². The van der Waals surface area contributed by atoms with Crippen molar-refractivity contribution in [3.8, 4) is 5.75 Å². The van der Waals surface area contributed by atoms with Crippen LogP contribution >= 0.6 is 0 Å². The van der Waals surface area contributed by atoms with Gasteiger partial charge in [-0.1, -0.05) is 13.8 Å². The summed E-state index contributed by atoms with van der Waals surface area (Å²) in [5.41, 5.74) is -0.794. The van der Waals surface area contributed by atoms with E-state index < -0.39 is 47.0 Å². The van der Waals surface area contributed by atoms with Crippen LogP contribution in [-0.2, 0) is 28.6 Å². The second-order valence-electron chi connectivity index (χ2n) is 15.6. The molecule has 1 aromatic carbocycles. The quantitative estimate of drug-likeness (QED) is 0.273. The molecule has 4 atom stereocenters. The van der Waals surface area contributed by atoms with Crippen LogP contribution in [-0.4, -0.2) is 110 Å². The second-order valence-corrected chi connectivity index (χ2v) is 15.6. The molecule has 50 heavy (non-hydrogen) atoms. The molecule has 1 aliphatic carbocycles. The van der Waals surface area contributed by atoms with Crippen molar-refractivity contribution >= 4 is 35.2 Å². The van der Waals surface area contributed by atoms with Gasteiger partial charge in [0, 0.05) is 51.7 Å². The lowest BCUT2D eigenvalue weighted by Crippen LogP contribution is -2.61. The highest BCUT2D eigenvalue weighted by atomic mass is 16.6. The second kappa shape index (κ2) is 16.3. The Morgan fingerprint density at radius 3 is 2.42 bits per heavy atom. The maximum absolute atomic E-state index is 14.7. The summed E-state index contributed by atoms with van der Waals surface area (Å²) < 4.78 is 22.6. The Kier molecular flexibility index (Phi) is 12.8. The first kappa shape index (κ1) is 39.4. The summed E-state index contributed by atoms with van der Waals surface area (Å²) >= 11 is 0. The van der Waals surface area contributed by atoms with Gasteiger partial charge in [0.05, 0.1) is 36.3 Å². The minimum absolute atomic E-state index is 0.108. The summed E-state index contributed by atoms with van der Waals surface area (Å²) in [6.45, 7) is 16.1. The summed E-state index contributed by atoms with van der Waals surface area (Å²) in [7, 11) is 1.61. The van der Waals surface area contributed by atoms with E-state index in [9.17, 15) is 24.3 Å². The summed E-state index contributed by atoms with van der Waals surface area (Å²) in [4.78, 5) is 60.1. The maximum Gasteiger partial charge on any atom is 0.410 e. The number of methoxy groups -OCH3 is 1. The number of hydrogen-bond donors (Lipinski definition) is 2. The Balaban J connectivity index is 1.68. The third-order valence-corrected chi connectivity index (χ3v) is 9.11. The van der Waals surface area contributed by atoms with Crippen LogP contribution in [0, 0.1) is 17.8 Å². The average Bonchev–Trinajstić information content (AvgIpc) is 3.86. The third-order valence-electron chi connectivity index (χ3n) is 9.11. The van der Waals surface area contributed by atoms with Crippen molar-refractivity contribution in [3.05, 3.63) is 18.2 Å². The molecule has 4 amide bonds. The number of amides is 4. The maximum atomic E-state index is 14.7. The molecule has 0 spiro atoms. The standard InChI is InChI=1S/C37H58N4O9/c1-10-48-22-24(18-23(2)3)38-32(43)27-20-39(35(46)50-36(4,5)6)21-28(31(27)42)33(44)41(25-12-13-25)26-14-15-30-29(19-26)40(16-11-17-47-9)34(45)37(7,8)49-30/h14-15,19,23-25,27-28,31,42H,10-13,16-18,20-22H2,1-9H3,(H,38,43)/t24?,27-,28+,31?/m1/s1. The van der Waals surface area contributed by atoms with Crippen molar-refractivity contribution in [2.24, 2.45) is 17.8 Å². The van der Waals surface area contributed by atoms with E-state index in [0.717, 1.165) is 12.8 Å². The lowest BCUT2D eigenvalue weighted by molar-refractivity contribution is -0.141. The number of piperidine rings is 1. The lowest BCUT2D eigenvalue weighted by Gasteiger charge is -2.42. The molecule has 0 bridgehead atoms. The number of ether oxygens (including phenoxy) is 4. The number of benzene rings is 1. The van der Waals surface area contributed by atoms with Gasteiger partial charge in [0.2, 0.25) is 11.8 Å². The lowest BCUT2D eigenvalue weighted by atomic mass is 9.84. The topological polar surface area (TPSA) is 147 Å². The predicted octanol–water partition coefficient (Wildman–Crippen LogP) is 4.13. The number of aliphatic hydroxyl groups excluding tert-OH is 1. The van der Waals surface area contributed by atoms with Gasteiger partial charge >= 0.3 is 6.09 Å². The molecule has 3 aliphatic rings. The van der Waals surface area contributed by atoms with Crippen molar-refractivity contribution in [1.29, 1.82) is 0 Å². The fraction of sp³-hybridized carbons (Fsp3) is 0.730. The Morgan fingerprint density at radius 2 is 1.82 bits per heavy atom. The Bertz CT molecular complexity index is 1370. The first-order valence-corrected chi connectivity index (χ1v) is 18.0. The van der Waals surface area contributed by atoms with Crippen molar-refractivity contribution < 1.29 is 43.2 Å². The molecule has 2 fully saturated rings. The molecule has 4 rings (SSSR count). The molecule has 1 aromatic rings. The highest BCUT2D eigenvalue weighted by Crippen LogP contribution is 2.43. The number of rotatable bonds is 14. The molecule has 13 nitrogen and oxygen atoms in total. The first-order valence-electron chi connectivity index (χ1n) is 18.0. The minimum Gasteiger partial charge on any atom is -0.476 e. The molecular formula is C37H58N4O9. The summed E-state index contributed by atoms with van der Waals surface area (Å²) in [6, 6.07) is 4.88. The number of carbonyl (C=O) groups excluding carboxylic acids is 4. The molecular weight excluding hydrogens is 644 g/mol. The first-order chi connectivity index (χ1) is 23.5. The summed E-state index contributed by atoms with van der Waals surface area (Å²) in [6.07, 6.45) is 0.729.